The normalized spacial score (nSPS) is 18.4. The maximum absolute atomic E-state index is 14.0. The Labute approximate surface area is 239 Å². The van der Waals surface area contributed by atoms with E-state index in [9.17, 15) is 9.59 Å². The molecule has 1 saturated heterocycles. The summed E-state index contributed by atoms with van der Waals surface area (Å²) in [6.45, 7) is 5.07. The number of nitrogens with one attached hydrogen (secondary N) is 1. The Balaban J connectivity index is 1.61. The van der Waals surface area contributed by atoms with E-state index in [1.165, 1.54) is 16.3 Å². The van der Waals surface area contributed by atoms with Gasteiger partial charge in [-0.3, -0.25) is 19.6 Å². The summed E-state index contributed by atoms with van der Waals surface area (Å²) in [6, 6.07) is 24.8. The molecule has 3 aromatic carbocycles. The van der Waals surface area contributed by atoms with Crippen LogP contribution in [0.3, 0.4) is 0 Å². The number of nitrogens with zero attached hydrogens (tertiary/aromatic N) is 4. The topological polar surface area (TPSA) is 79.2 Å². The highest BCUT2D eigenvalue weighted by atomic mass is 32.2. The third kappa shape index (κ3) is 4.39. The number of amides is 1. The van der Waals surface area contributed by atoms with Gasteiger partial charge in [-0.2, -0.15) is 0 Å². The molecule has 6 rings (SSSR count). The minimum absolute atomic E-state index is 0.124. The van der Waals surface area contributed by atoms with E-state index < -0.39 is 0 Å². The number of hydrogen-bond acceptors (Lipinski definition) is 7. The molecular weight excluding hydrogens is 542 g/mol. The Kier molecular flexibility index (Phi) is 6.95. The van der Waals surface area contributed by atoms with E-state index in [0.29, 0.717) is 45.1 Å². The van der Waals surface area contributed by atoms with Crippen molar-refractivity contribution in [2.45, 2.75) is 25.3 Å². The highest BCUT2D eigenvalue weighted by Crippen LogP contribution is 2.47. The lowest BCUT2D eigenvalue weighted by Gasteiger charge is -2.17. The number of hydrogen-bond donors (Lipinski definition) is 1. The number of aromatic nitrogens is 1. The Morgan fingerprint density at radius 2 is 1.65 bits per heavy atom. The predicted octanol–water partition coefficient (Wildman–Crippen LogP) is 4.07. The second-order valence-corrected chi connectivity index (χ2v) is 11.1. The van der Waals surface area contributed by atoms with Crippen LogP contribution in [0.5, 0.6) is 5.75 Å². The lowest BCUT2D eigenvalue weighted by atomic mass is 10.2. The molecular formula is C30H27N5O3S2. The zero-order valence-electron chi connectivity index (χ0n) is 22.2. The van der Waals surface area contributed by atoms with Crippen LogP contribution < -0.4 is 34.8 Å². The highest BCUT2D eigenvalue weighted by molar-refractivity contribution is 8.08. The molecule has 8 nitrogen and oxygen atoms in total. The number of carbonyl (C=O) groups is 1. The van der Waals surface area contributed by atoms with Crippen molar-refractivity contribution in [2.24, 2.45) is 4.99 Å². The summed E-state index contributed by atoms with van der Waals surface area (Å²) in [6.07, 6.45) is 0. The van der Waals surface area contributed by atoms with Gasteiger partial charge in [0, 0.05) is 24.1 Å². The van der Waals surface area contributed by atoms with Gasteiger partial charge in [0.15, 0.2) is 5.84 Å². The SMILES string of the molecule is CCN1/C(=c2\s/c(=C3/C(=O)N(c4ccccc4)NC3=Nc3ccccc3)n(CC)c2=O)Sc2ccc(OC)cc21. The summed E-state index contributed by atoms with van der Waals surface area (Å²) in [5.74, 6) is 0.901. The first-order valence-corrected chi connectivity index (χ1v) is 14.6. The molecule has 10 heteroatoms. The van der Waals surface area contributed by atoms with Crippen molar-refractivity contribution >= 4 is 62.5 Å². The van der Waals surface area contributed by atoms with Crippen LogP contribution >= 0.6 is 23.1 Å². The minimum Gasteiger partial charge on any atom is -0.497 e. The first-order valence-electron chi connectivity index (χ1n) is 13.0. The number of thioether (sulfide) groups is 1. The third-order valence-electron chi connectivity index (χ3n) is 6.72. The molecule has 40 heavy (non-hydrogen) atoms. The molecule has 0 saturated carbocycles. The summed E-state index contributed by atoms with van der Waals surface area (Å²) >= 11 is 2.90. The molecule has 2 aliphatic rings. The van der Waals surface area contributed by atoms with Crippen molar-refractivity contribution in [3.63, 3.8) is 0 Å². The summed E-state index contributed by atoms with van der Waals surface area (Å²) < 4.78 is 8.29. The van der Waals surface area contributed by atoms with Gasteiger partial charge in [-0.05, 0) is 50.2 Å². The van der Waals surface area contributed by atoms with Crippen molar-refractivity contribution < 1.29 is 9.53 Å². The maximum atomic E-state index is 14.0. The Morgan fingerprint density at radius 1 is 0.925 bits per heavy atom. The zero-order chi connectivity index (χ0) is 27.8. The average molecular weight is 570 g/mol. The predicted molar refractivity (Wildman–Crippen MR) is 163 cm³/mol. The van der Waals surface area contributed by atoms with E-state index in [2.05, 4.69) is 17.2 Å². The van der Waals surface area contributed by atoms with Crippen LogP contribution in [-0.2, 0) is 11.3 Å². The van der Waals surface area contributed by atoms with Gasteiger partial charge in [0.05, 0.1) is 24.2 Å². The number of hydrazine groups is 1. The Hall–Kier alpha value is -4.28. The molecule has 1 fully saturated rings. The number of rotatable bonds is 5. The third-order valence-corrected chi connectivity index (χ3v) is 9.22. The molecule has 1 amide bonds. The number of methoxy groups -OCH3 is 1. The summed E-state index contributed by atoms with van der Waals surface area (Å²) in [5, 5.41) is 2.34. The van der Waals surface area contributed by atoms with Crippen molar-refractivity contribution in [2.75, 3.05) is 23.6 Å². The highest BCUT2D eigenvalue weighted by Gasteiger charge is 2.36. The van der Waals surface area contributed by atoms with E-state index in [-0.39, 0.29) is 11.5 Å². The number of ether oxygens (including phenoxy) is 1. The fraction of sp³-hybridized carbons (Fsp3) is 0.167. The molecule has 0 radical (unpaired) electrons. The van der Waals surface area contributed by atoms with E-state index in [1.54, 1.807) is 23.4 Å². The zero-order valence-corrected chi connectivity index (χ0v) is 23.9. The second kappa shape index (κ2) is 10.7. The molecule has 0 aliphatic carbocycles. The molecule has 1 aromatic heterocycles. The van der Waals surface area contributed by atoms with Crippen LogP contribution in [0.25, 0.3) is 10.6 Å². The van der Waals surface area contributed by atoms with Crippen molar-refractivity contribution in [3.8, 4) is 5.75 Å². The molecule has 1 N–H and O–H groups in total. The maximum Gasteiger partial charge on any atom is 0.283 e. The number of benzene rings is 3. The molecule has 0 bridgehead atoms. The monoisotopic (exact) mass is 569 g/mol. The molecule has 202 valence electrons. The molecule has 0 spiro atoms. The largest absolute Gasteiger partial charge is 0.497 e. The molecule has 4 aromatic rings. The van der Waals surface area contributed by atoms with E-state index in [4.69, 9.17) is 9.73 Å². The number of carbonyl (C=O) groups excluding carboxylic acids is 1. The van der Waals surface area contributed by atoms with Gasteiger partial charge in [0.1, 0.15) is 25.5 Å². The lowest BCUT2D eigenvalue weighted by Crippen LogP contribution is -2.36. The van der Waals surface area contributed by atoms with Crippen LogP contribution in [0.4, 0.5) is 17.1 Å². The smallest absolute Gasteiger partial charge is 0.283 e. The number of anilines is 2. The standard InChI is InChI=1S/C30H27N5O3S2/c1-4-33-22-18-21(38-3)16-17-23(22)39-30(33)25-28(37)34(5-2)29(40-25)24-26(31-19-12-8-6-9-13-19)32-35(27(24)36)20-14-10-7-11-15-20/h6-18H,4-5H2,1-3H3,(H,31,32)/b29-24+,30-25+. The number of amidine groups is 1. The molecule has 3 heterocycles. The van der Waals surface area contributed by atoms with Crippen LogP contribution in [0.2, 0.25) is 0 Å². The first kappa shape index (κ1) is 26.0. The number of thiazole rings is 1. The molecule has 0 unspecified atom stereocenters. The quantitative estimate of drug-likeness (QED) is 0.391. The van der Waals surface area contributed by atoms with Gasteiger partial charge in [0.25, 0.3) is 11.5 Å². The van der Waals surface area contributed by atoms with Crippen LogP contribution in [0, 0.1) is 0 Å². The lowest BCUT2D eigenvalue weighted by molar-refractivity contribution is -0.113. The Morgan fingerprint density at radius 3 is 2.33 bits per heavy atom. The fourth-order valence-corrected chi connectivity index (χ4v) is 7.36. The second-order valence-electron chi connectivity index (χ2n) is 9.03. The van der Waals surface area contributed by atoms with Gasteiger partial charge >= 0.3 is 0 Å². The summed E-state index contributed by atoms with van der Waals surface area (Å²) in [5.41, 5.74) is 5.84. The van der Waals surface area contributed by atoms with E-state index in [0.717, 1.165) is 21.4 Å². The molecule has 2 aliphatic heterocycles. The summed E-state index contributed by atoms with van der Waals surface area (Å²) in [7, 11) is 1.65. The summed E-state index contributed by atoms with van der Waals surface area (Å²) in [4.78, 5) is 35.9. The van der Waals surface area contributed by atoms with Gasteiger partial charge in [-0.1, -0.05) is 48.2 Å². The Bertz CT molecular complexity index is 1810. The van der Waals surface area contributed by atoms with Crippen molar-refractivity contribution in [1.82, 2.24) is 9.99 Å². The van der Waals surface area contributed by atoms with E-state index in [1.807, 2.05) is 85.8 Å². The average Bonchev–Trinajstić information content (AvgIpc) is 3.63. The van der Waals surface area contributed by atoms with E-state index >= 15 is 0 Å². The van der Waals surface area contributed by atoms with Gasteiger partial charge in [-0.15, -0.1) is 11.3 Å². The number of aliphatic imine (C=N–C) groups is 1. The first-order chi connectivity index (χ1) is 19.5. The van der Waals surface area contributed by atoms with Gasteiger partial charge in [-0.25, -0.2) is 10.0 Å². The van der Waals surface area contributed by atoms with Gasteiger partial charge < -0.3 is 9.64 Å². The van der Waals surface area contributed by atoms with Crippen LogP contribution in [-0.4, -0.2) is 30.0 Å². The number of fused-ring (bicyclic) bond motifs is 1. The minimum atomic E-state index is -0.264. The fourth-order valence-electron chi connectivity index (χ4n) is 4.78. The van der Waals surface area contributed by atoms with Crippen molar-refractivity contribution in [1.29, 1.82) is 0 Å². The van der Waals surface area contributed by atoms with Crippen molar-refractivity contribution in [3.05, 3.63) is 98.4 Å². The van der Waals surface area contributed by atoms with Gasteiger partial charge in [0.2, 0.25) is 0 Å². The van der Waals surface area contributed by atoms with Crippen LogP contribution in [0.1, 0.15) is 13.8 Å². The molecule has 0 atom stereocenters. The number of para-hydroxylation sites is 2. The van der Waals surface area contributed by atoms with Crippen LogP contribution in [0.15, 0.2) is 93.5 Å².